The van der Waals surface area contributed by atoms with E-state index < -0.39 is 28.7 Å². The summed E-state index contributed by atoms with van der Waals surface area (Å²) in [6.45, 7) is 3.77. The van der Waals surface area contributed by atoms with Crippen LogP contribution in [-0.2, 0) is 14.4 Å². The summed E-state index contributed by atoms with van der Waals surface area (Å²) in [5, 5.41) is 16.6. The number of rotatable bonds is 8. The Bertz CT molecular complexity index is 1230. The van der Waals surface area contributed by atoms with Gasteiger partial charge >= 0.3 is 0 Å². The number of nitrogens with one attached hydrogen (secondary N) is 2. The number of anilines is 2. The van der Waals surface area contributed by atoms with Crippen molar-refractivity contribution < 1.29 is 19.5 Å². The lowest BCUT2D eigenvalue weighted by atomic mass is 9.70. The van der Waals surface area contributed by atoms with Crippen molar-refractivity contribution in [2.24, 2.45) is 17.8 Å². The molecule has 3 amide bonds. The van der Waals surface area contributed by atoms with Crippen molar-refractivity contribution in [1.29, 1.82) is 0 Å². The Morgan fingerprint density at radius 3 is 2.47 bits per heavy atom. The van der Waals surface area contributed by atoms with E-state index in [9.17, 15) is 19.5 Å². The lowest BCUT2D eigenvalue weighted by Gasteiger charge is -2.37. The van der Waals surface area contributed by atoms with Crippen molar-refractivity contribution in [3.05, 3.63) is 59.6 Å². The van der Waals surface area contributed by atoms with Crippen LogP contribution in [0.25, 0.3) is 0 Å². The van der Waals surface area contributed by atoms with Gasteiger partial charge < -0.3 is 20.6 Å². The van der Waals surface area contributed by atoms with Crippen molar-refractivity contribution in [3.8, 4) is 0 Å². The number of amides is 3. The van der Waals surface area contributed by atoms with Crippen LogP contribution in [0.4, 0.5) is 11.4 Å². The molecule has 3 unspecified atom stereocenters. The fourth-order valence-corrected chi connectivity index (χ4v) is 10.2. The van der Waals surface area contributed by atoms with Crippen LogP contribution in [0.1, 0.15) is 26.7 Å². The number of para-hydroxylation sites is 2. The van der Waals surface area contributed by atoms with Gasteiger partial charge in [-0.25, -0.2) is 0 Å². The third kappa shape index (κ3) is 4.65. The lowest BCUT2D eigenvalue weighted by molar-refractivity contribution is -0.141. The SMILES string of the molecule is CC(C)C[C@H](CO)N1C(=O)[C@@H]2[C@@H](C(=O)Nc3ccccc3)[C@@H]3SC2(CC3Br)C1C(=O)Nc1ccccc1Cl. The minimum absolute atomic E-state index is 0.0451. The molecule has 0 radical (unpaired) electrons. The highest BCUT2D eigenvalue weighted by Gasteiger charge is 2.76. The van der Waals surface area contributed by atoms with Crippen LogP contribution in [0, 0.1) is 17.8 Å². The van der Waals surface area contributed by atoms with Gasteiger partial charge in [-0.2, -0.15) is 0 Å². The van der Waals surface area contributed by atoms with Crippen LogP contribution >= 0.6 is 39.3 Å². The molecule has 3 aliphatic rings. The van der Waals surface area contributed by atoms with E-state index >= 15 is 0 Å². The number of aliphatic hydroxyl groups excluding tert-OH is 1. The van der Waals surface area contributed by atoms with Gasteiger partial charge in [-0.15, -0.1) is 11.8 Å². The normalized spacial score (nSPS) is 30.4. The molecule has 3 aliphatic heterocycles. The topological polar surface area (TPSA) is 98.7 Å². The number of fused-ring (bicyclic) bond motifs is 1. The fraction of sp³-hybridized carbons (Fsp3) is 0.464. The van der Waals surface area contributed by atoms with Gasteiger partial charge in [0.05, 0.1) is 39.9 Å². The number of alkyl halides is 1. The predicted octanol–water partition coefficient (Wildman–Crippen LogP) is 4.79. The first-order chi connectivity index (χ1) is 18.2. The highest BCUT2D eigenvalue weighted by Crippen LogP contribution is 2.68. The fourth-order valence-electron chi connectivity index (χ4n) is 6.39. The molecule has 1 spiro atoms. The van der Waals surface area contributed by atoms with Crippen molar-refractivity contribution in [1.82, 2.24) is 4.90 Å². The van der Waals surface area contributed by atoms with E-state index in [1.165, 1.54) is 0 Å². The highest BCUT2D eigenvalue weighted by molar-refractivity contribution is 9.09. The molecule has 3 saturated heterocycles. The molecule has 2 aromatic carbocycles. The number of nitrogens with zero attached hydrogens (tertiary/aromatic N) is 1. The van der Waals surface area contributed by atoms with Gasteiger partial charge in [0.15, 0.2) is 0 Å². The van der Waals surface area contributed by atoms with Crippen LogP contribution in [0.15, 0.2) is 54.6 Å². The number of carbonyl (C=O) groups is 3. The van der Waals surface area contributed by atoms with E-state index in [0.29, 0.717) is 29.2 Å². The summed E-state index contributed by atoms with van der Waals surface area (Å²) in [6, 6.07) is 14.7. The number of benzene rings is 2. The van der Waals surface area contributed by atoms with Gasteiger partial charge in [0.25, 0.3) is 0 Å². The number of halogens is 2. The standard InChI is InChI=1S/C28H31BrClN3O4S/c1-15(2)12-17(14-34)33-24(26(36)32-20-11-7-6-10-19(20)30)28-13-18(29)23(38-28)21(22(28)27(33)37)25(35)31-16-8-4-3-5-9-16/h3-11,15,17-18,21-24,34H,12-14H2,1-2H3,(H,31,35)(H,32,36)/t17-,18?,21-,22+,23-,24?,28?/m1/s1. The van der Waals surface area contributed by atoms with Crippen LogP contribution < -0.4 is 10.6 Å². The summed E-state index contributed by atoms with van der Waals surface area (Å²) in [5.41, 5.74) is 1.12. The average molecular weight is 621 g/mol. The number of hydrogen-bond donors (Lipinski definition) is 3. The Hall–Kier alpha value is -2.07. The smallest absolute Gasteiger partial charge is 0.248 e. The van der Waals surface area contributed by atoms with Crippen molar-refractivity contribution >= 4 is 68.4 Å². The zero-order valence-corrected chi connectivity index (χ0v) is 24.3. The molecule has 38 heavy (non-hydrogen) atoms. The molecule has 5 rings (SSSR count). The average Bonchev–Trinajstić information content (AvgIpc) is 3.47. The number of carbonyl (C=O) groups excluding carboxylic acids is 3. The number of hydrogen-bond acceptors (Lipinski definition) is 5. The van der Waals surface area contributed by atoms with Crippen LogP contribution in [0.5, 0.6) is 0 Å². The summed E-state index contributed by atoms with van der Waals surface area (Å²) >= 11 is 11.7. The Balaban J connectivity index is 1.55. The molecule has 0 aliphatic carbocycles. The maximum atomic E-state index is 14.3. The first-order valence-corrected chi connectivity index (χ1v) is 15.0. The van der Waals surface area contributed by atoms with E-state index in [4.69, 9.17) is 11.6 Å². The van der Waals surface area contributed by atoms with E-state index in [-0.39, 0.29) is 40.3 Å². The van der Waals surface area contributed by atoms with Crippen LogP contribution in [-0.4, -0.2) is 61.2 Å². The Kier molecular flexibility index (Phi) is 7.84. The number of likely N-dealkylation sites (tertiary alicyclic amines) is 1. The van der Waals surface area contributed by atoms with Crippen LogP contribution in [0.3, 0.4) is 0 Å². The first-order valence-electron chi connectivity index (χ1n) is 12.8. The summed E-state index contributed by atoms with van der Waals surface area (Å²) < 4.78 is -0.815. The zero-order valence-electron chi connectivity index (χ0n) is 21.1. The highest BCUT2D eigenvalue weighted by atomic mass is 79.9. The second kappa shape index (κ2) is 10.8. The molecule has 0 aromatic heterocycles. The molecule has 3 fully saturated rings. The minimum atomic E-state index is -0.864. The summed E-state index contributed by atoms with van der Waals surface area (Å²) in [5.74, 6) is -1.94. The van der Waals surface area contributed by atoms with Gasteiger partial charge in [-0.3, -0.25) is 14.4 Å². The van der Waals surface area contributed by atoms with Crippen molar-refractivity contribution in [2.45, 2.75) is 53.6 Å². The Morgan fingerprint density at radius 1 is 1.13 bits per heavy atom. The molecule has 10 heteroatoms. The maximum absolute atomic E-state index is 14.3. The van der Waals surface area contributed by atoms with E-state index in [2.05, 4.69) is 26.6 Å². The summed E-state index contributed by atoms with van der Waals surface area (Å²) in [4.78, 5) is 43.5. The summed E-state index contributed by atoms with van der Waals surface area (Å²) in [7, 11) is 0. The van der Waals surface area contributed by atoms with Gasteiger partial charge in [-0.05, 0) is 43.0 Å². The van der Waals surface area contributed by atoms with Crippen LogP contribution in [0.2, 0.25) is 5.02 Å². The van der Waals surface area contributed by atoms with E-state index in [1.807, 2.05) is 44.2 Å². The van der Waals surface area contributed by atoms with Crippen molar-refractivity contribution in [2.75, 3.05) is 17.2 Å². The molecule has 0 saturated carbocycles. The van der Waals surface area contributed by atoms with Crippen molar-refractivity contribution in [3.63, 3.8) is 0 Å². The van der Waals surface area contributed by atoms with Gasteiger partial charge in [0, 0.05) is 15.8 Å². The number of thioether (sulfide) groups is 1. The van der Waals surface area contributed by atoms with Gasteiger partial charge in [-0.1, -0.05) is 71.7 Å². The molecular weight excluding hydrogens is 590 g/mol. The molecule has 7 atom stereocenters. The van der Waals surface area contributed by atoms with E-state index in [0.717, 1.165) is 0 Å². The quantitative estimate of drug-likeness (QED) is 0.369. The maximum Gasteiger partial charge on any atom is 0.248 e. The second-order valence-electron chi connectivity index (χ2n) is 10.7. The third-order valence-electron chi connectivity index (χ3n) is 7.80. The molecule has 3 heterocycles. The molecule has 2 aromatic rings. The lowest BCUT2D eigenvalue weighted by Crippen LogP contribution is -2.55. The molecule has 202 valence electrons. The molecule has 7 nitrogen and oxygen atoms in total. The Morgan fingerprint density at radius 2 is 1.82 bits per heavy atom. The minimum Gasteiger partial charge on any atom is -0.394 e. The molecule has 3 N–H and O–H groups in total. The monoisotopic (exact) mass is 619 g/mol. The van der Waals surface area contributed by atoms with Gasteiger partial charge in [0.1, 0.15) is 6.04 Å². The first kappa shape index (κ1) is 27.5. The van der Waals surface area contributed by atoms with Gasteiger partial charge in [0.2, 0.25) is 17.7 Å². The molecule has 2 bridgehead atoms. The summed E-state index contributed by atoms with van der Waals surface area (Å²) in [6.07, 6.45) is 1.10. The predicted molar refractivity (Wildman–Crippen MR) is 155 cm³/mol. The molecular formula is C28H31BrClN3O4S. The Labute approximate surface area is 240 Å². The second-order valence-corrected chi connectivity index (χ2v) is 13.8. The van der Waals surface area contributed by atoms with E-state index in [1.54, 1.807) is 40.9 Å². The third-order valence-corrected chi connectivity index (χ3v) is 11.3. The number of aliphatic hydroxyl groups is 1. The zero-order chi connectivity index (χ0) is 27.2. The largest absolute Gasteiger partial charge is 0.394 e.